The maximum Gasteiger partial charge on any atom is 0.214 e. The van der Waals surface area contributed by atoms with Crippen molar-refractivity contribution in [3.8, 4) is 28.4 Å². The van der Waals surface area contributed by atoms with Crippen molar-refractivity contribution in [2.45, 2.75) is 11.8 Å². The first-order chi connectivity index (χ1) is 13.2. The van der Waals surface area contributed by atoms with Gasteiger partial charge in [0.1, 0.15) is 12.4 Å². The molecule has 27 heavy (non-hydrogen) atoms. The summed E-state index contributed by atoms with van der Waals surface area (Å²) in [5, 5.41) is 4.86. The normalized spacial score (nSPS) is 10.9. The number of halogens is 1. The van der Waals surface area contributed by atoms with E-state index in [2.05, 4.69) is 20.3 Å². The molecule has 0 radical (unpaired) electrons. The zero-order chi connectivity index (χ0) is 18.6. The molecule has 0 saturated carbocycles. The second kappa shape index (κ2) is 7.94. The highest BCUT2D eigenvalue weighted by Gasteiger charge is 2.15. The van der Waals surface area contributed by atoms with E-state index in [0.29, 0.717) is 12.5 Å². The molecule has 0 spiro atoms. The molecule has 0 aliphatic heterocycles. The average molecular weight is 398 g/mol. The Bertz CT molecular complexity index is 1030. The van der Waals surface area contributed by atoms with E-state index < -0.39 is 0 Å². The third-order valence-electron chi connectivity index (χ3n) is 3.98. The molecule has 0 unspecified atom stereocenters. The summed E-state index contributed by atoms with van der Waals surface area (Å²) in [6.07, 6.45) is 3.67. The Balaban J connectivity index is 1.67. The smallest absolute Gasteiger partial charge is 0.214 e. The predicted octanol–water partition coefficient (Wildman–Crippen LogP) is 5.64. The van der Waals surface area contributed by atoms with Crippen LogP contribution < -0.4 is 4.74 Å². The number of imidazole rings is 1. The summed E-state index contributed by atoms with van der Waals surface area (Å²) in [6.45, 7) is 0.474. The van der Waals surface area contributed by atoms with Crippen LogP contribution in [0.4, 0.5) is 4.39 Å². The van der Waals surface area contributed by atoms with Crippen LogP contribution in [-0.4, -0.2) is 21.2 Å². The zero-order valence-electron chi connectivity index (χ0n) is 14.5. The SMILES string of the molecule is CSc1nc(-c2ccnc(OCc3ccsc3)c2)c(-c2ccc(F)cc2)[nH]1. The van der Waals surface area contributed by atoms with E-state index in [1.165, 1.54) is 23.9 Å². The van der Waals surface area contributed by atoms with Crippen LogP contribution in [0.1, 0.15) is 5.56 Å². The third-order valence-corrected chi connectivity index (χ3v) is 5.30. The van der Waals surface area contributed by atoms with Gasteiger partial charge in [-0.3, -0.25) is 0 Å². The number of nitrogens with zero attached hydrogens (tertiary/aromatic N) is 2. The lowest BCUT2D eigenvalue weighted by atomic mass is 10.1. The summed E-state index contributed by atoms with van der Waals surface area (Å²) in [5.74, 6) is 0.274. The lowest BCUT2D eigenvalue weighted by Gasteiger charge is -2.07. The van der Waals surface area contributed by atoms with E-state index in [0.717, 1.165) is 33.2 Å². The second-order valence-corrected chi connectivity index (χ2v) is 7.35. The first-order valence-electron chi connectivity index (χ1n) is 8.23. The Labute approximate surface area is 164 Å². The molecule has 1 N–H and O–H groups in total. The fourth-order valence-corrected chi connectivity index (χ4v) is 3.69. The number of rotatable bonds is 6. The minimum absolute atomic E-state index is 0.266. The van der Waals surface area contributed by atoms with Gasteiger partial charge in [-0.1, -0.05) is 11.8 Å². The summed E-state index contributed by atoms with van der Waals surface area (Å²) in [5.41, 5.74) is 4.50. The number of thioether (sulfide) groups is 1. The van der Waals surface area contributed by atoms with Crippen molar-refractivity contribution in [1.29, 1.82) is 0 Å². The predicted molar refractivity (Wildman–Crippen MR) is 108 cm³/mol. The van der Waals surface area contributed by atoms with Gasteiger partial charge in [-0.2, -0.15) is 11.3 Å². The highest BCUT2D eigenvalue weighted by molar-refractivity contribution is 7.98. The number of benzene rings is 1. The molecule has 4 rings (SSSR count). The molecule has 4 nitrogen and oxygen atoms in total. The number of thiophene rings is 1. The molecule has 0 saturated heterocycles. The third kappa shape index (κ3) is 4.04. The molecular weight excluding hydrogens is 381 g/mol. The fourth-order valence-electron chi connectivity index (χ4n) is 2.65. The van der Waals surface area contributed by atoms with Crippen molar-refractivity contribution in [2.75, 3.05) is 6.26 Å². The van der Waals surface area contributed by atoms with Crippen LogP contribution >= 0.6 is 23.1 Å². The Morgan fingerprint density at radius 3 is 2.74 bits per heavy atom. The second-order valence-electron chi connectivity index (χ2n) is 5.78. The van der Waals surface area contributed by atoms with E-state index in [1.807, 2.05) is 29.8 Å². The first-order valence-corrected chi connectivity index (χ1v) is 10.4. The number of H-pyrrole nitrogens is 1. The molecule has 7 heteroatoms. The number of ether oxygens (including phenoxy) is 1. The quantitative estimate of drug-likeness (QED) is 0.428. The topological polar surface area (TPSA) is 50.8 Å². The van der Waals surface area contributed by atoms with Crippen LogP contribution in [0.25, 0.3) is 22.5 Å². The molecule has 0 bridgehead atoms. The van der Waals surface area contributed by atoms with E-state index in [4.69, 9.17) is 4.74 Å². The van der Waals surface area contributed by atoms with Gasteiger partial charge in [0.15, 0.2) is 5.16 Å². The summed E-state index contributed by atoms with van der Waals surface area (Å²) in [6, 6.07) is 12.2. The number of aromatic amines is 1. The summed E-state index contributed by atoms with van der Waals surface area (Å²) >= 11 is 3.16. The summed E-state index contributed by atoms with van der Waals surface area (Å²) in [4.78, 5) is 12.3. The molecule has 3 heterocycles. The standard InChI is InChI=1S/C20H16FN3OS2/c1-26-20-23-18(14-2-4-16(21)5-3-14)19(24-20)15-6-8-22-17(10-15)25-11-13-7-9-27-12-13/h2-10,12H,11H2,1H3,(H,23,24). The molecule has 0 aliphatic rings. The molecule has 1 aromatic carbocycles. The van der Waals surface area contributed by atoms with Crippen LogP contribution in [0.15, 0.2) is 64.6 Å². The van der Waals surface area contributed by atoms with Crippen molar-refractivity contribution < 1.29 is 9.13 Å². The molecule has 4 aromatic rings. The van der Waals surface area contributed by atoms with Gasteiger partial charge in [0.2, 0.25) is 5.88 Å². The highest BCUT2D eigenvalue weighted by atomic mass is 32.2. The van der Waals surface area contributed by atoms with Gasteiger partial charge in [-0.25, -0.2) is 14.4 Å². The van der Waals surface area contributed by atoms with Crippen LogP contribution in [0.5, 0.6) is 5.88 Å². The molecule has 0 fully saturated rings. The molecule has 3 aromatic heterocycles. The molecule has 0 atom stereocenters. The van der Waals surface area contributed by atoms with Crippen LogP contribution in [0, 0.1) is 5.82 Å². The van der Waals surface area contributed by atoms with E-state index in [1.54, 1.807) is 29.7 Å². The van der Waals surface area contributed by atoms with Crippen LogP contribution in [-0.2, 0) is 6.61 Å². The van der Waals surface area contributed by atoms with Gasteiger partial charge in [0.25, 0.3) is 0 Å². The number of aromatic nitrogens is 3. The van der Waals surface area contributed by atoms with Gasteiger partial charge < -0.3 is 9.72 Å². The minimum atomic E-state index is -0.266. The lowest BCUT2D eigenvalue weighted by Crippen LogP contribution is -1.96. The Morgan fingerprint density at radius 1 is 1.15 bits per heavy atom. The first kappa shape index (κ1) is 17.8. The molecule has 0 amide bonds. The zero-order valence-corrected chi connectivity index (χ0v) is 16.1. The Morgan fingerprint density at radius 2 is 2.00 bits per heavy atom. The van der Waals surface area contributed by atoms with E-state index in [9.17, 15) is 4.39 Å². The lowest BCUT2D eigenvalue weighted by molar-refractivity contribution is 0.294. The summed E-state index contributed by atoms with van der Waals surface area (Å²) in [7, 11) is 0. The van der Waals surface area contributed by atoms with Crippen molar-refractivity contribution in [1.82, 2.24) is 15.0 Å². The van der Waals surface area contributed by atoms with E-state index >= 15 is 0 Å². The minimum Gasteiger partial charge on any atom is -0.473 e. The van der Waals surface area contributed by atoms with Crippen molar-refractivity contribution in [3.63, 3.8) is 0 Å². The Hall–Kier alpha value is -2.64. The van der Waals surface area contributed by atoms with Gasteiger partial charge >= 0.3 is 0 Å². The van der Waals surface area contributed by atoms with Gasteiger partial charge in [-0.05, 0) is 53.4 Å². The monoisotopic (exact) mass is 397 g/mol. The maximum atomic E-state index is 13.3. The molecule has 136 valence electrons. The van der Waals surface area contributed by atoms with Gasteiger partial charge in [0, 0.05) is 29.0 Å². The molecule has 0 aliphatic carbocycles. The molecular formula is C20H16FN3OS2. The highest BCUT2D eigenvalue weighted by Crippen LogP contribution is 2.33. The number of hydrogen-bond donors (Lipinski definition) is 1. The fraction of sp³-hybridized carbons (Fsp3) is 0.100. The van der Waals surface area contributed by atoms with Crippen molar-refractivity contribution in [2.24, 2.45) is 0 Å². The maximum absolute atomic E-state index is 13.3. The Kier molecular flexibility index (Phi) is 5.22. The number of nitrogens with one attached hydrogen (secondary N) is 1. The van der Waals surface area contributed by atoms with Crippen LogP contribution in [0.3, 0.4) is 0 Å². The van der Waals surface area contributed by atoms with Gasteiger partial charge in [-0.15, -0.1) is 0 Å². The van der Waals surface area contributed by atoms with Crippen molar-refractivity contribution in [3.05, 3.63) is 70.8 Å². The number of pyridine rings is 1. The van der Waals surface area contributed by atoms with E-state index in [-0.39, 0.29) is 5.82 Å². The largest absolute Gasteiger partial charge is 0.473 e. The van der Waals surface area contributed by atoms with Crippen molar-refractivity contribution >= 4 is 23.1 Å². The van der Waals surface area contributed by atoms with Gasteiger partial charge in [0.05, 0.1) is 11.4 Å². The van der Waals surface area contributed by atoms with Crippen LogP contribution in [0.2, 0.25) is 0 Å². The number of hydrogen-bond acceptors (Lipinski definition) is 5. The average Bonchev–Trinajstić information content (AvgIpc) is 3.37. The summed E-state index contributed by atoms with van der Waals surface area (Å²) < 4.78 is 19.1.